The van der Waals surface area contributed by atoms with Gasteiger partial charge in [0, 0.05) is 30.2 Å². The molecule has 2 aromatic rings. The molecule has 0 spiro atoms. The van der Waals surface area contributed by atoms with Crippen molar-refractivity contribution in [2.75, 3.05) is 5.32 Å². The SMILES string of the molecule is CCc1cc(=O)[nH]c(-n2nc(C)cc2NC(=O)CCC(=O)[O-])n1. The average molecular weight is 318 g/mol. The summed E-state index contributed by atoms with van der Waals surface area (Å²) in [7, 11) is 0. The Morgan fingerprint density at radius 2 is 2.09 bits per heavy atom. The van der Waals surface area contributed by atoms with Crippen molar-refractivity contribution in [3.05, 3.63) is 33.9 Å². The van der Waals surface area contributed by atoms with Crippen molar-refractivity contribution in [3.8, 4) is 5.95 Å². The van der Waals surface area contributed by atoms with Crippen LogP contribution in [0.3, 0.4) is 0 Å². The number of carboxylic acids is 1. The van der Waals surface area contributed by atoms with Gasteiger partial charge < -0.3 is 15.2 Å². The van der Waals surface area contributed by atoms with Crippen LogP contribution in [0.2, 0.25) is 0 Å². The van der Waals surface area contributed by atoms with Gasteiger partial charge in [-0.15, -0.1) is 0 Å². The number of hydrogen-bond acceptors (Lipinski definition) is 6. The molecule has 9 heteroatoms. The quantitative estimate of drug-likeness (QED) is 0.723. The molecule has 0 aliphatic carbocycles. The third kappa shape index (κ3) is 4.25. The van der Waals surface area contributed by atoms with Gasteiger partial charge in [-0.1, -0.05) is 6.92 Å². The van der Waals surface area contributed by atoms with Crippen LogP contribution in [0.4, 0.5) is 5.82 Å². The highest BCUT2D eigenvalue weighted by atomic mass is 16.4. The number of H-pyrrole nitrogens is 1. The highest BCUT2D eigenvalue weighted by Gasteiger charge is 2.13. The van der Waals surface area contributed by atoms with Crippen molar-refractivity contribution in [2.45, 2.75) is 33.1 Å². The number of aromatic nitrogens is 4. The first-order valence-corrected chi connectivity index (χ1v) is 7.06. The molecule has 2 heterocycles. The summed E-state index contributed by atoms with van der Waals surface area (Å²) in [6.07, 6.45) is -0.0185. The van der Waals surface area contributed by atoms with E-state index in [9.17, 15) is 19.5 Å². The maximum Gasteiger partial charge on any atom is 0.252 e. The zero-order chi connectivity index (χ0) is 17.0. The van der Waals surface area contributed by atoms with Crippen LogP contribution in [0.25, 0.3) is 5.95 Å². The van der Waals surface area contributed by atoms with E-state index in [0.717, 1.165) is 0 Å². The molecule has 0 radical (unpaired) electrons. The van der Waals surface area contributed by atoms with E-state index in [2.05, 4.69) is 20.4 Å². The molecule has 0 atom stereocenters. The Morgan fingerprint density at radius 3 is 2.74 bits per heavy atom. The van der Waals surface area contributed by atoms with Crippen LogP contribution in [-0.2, 0) is 16.0 Å². The second-order valence-electron chi connectivity index (χ2n) is 4.92. The zero-order valence-corrected chi connectivity index (χ0v) is 12.8. The number of carboxylic acid groups (broad SMARTS) is 1. The van der Waals surface area contributed by atoms with Crippen molar-refractivity contribution in [1.82, 2.24) is 19.7 Å². The largest absolute Gasteiger partial charge is 0.550 e. The average Bonchev–Trinajstić information content (AvgIpc) is 2.85. The van der Waals surface area contributed by atoms with Gasteiger partial charge in [-0.3, -0.25) is 14.6 Å². The van der Waals surface area contributed by atoms with E-state index in [0.29, 0.717) is 23.6 Å². The molecule has 0 unspecified atom stereocenters. The van der Waals surface area contributed by atoms with Gasteiger partial charge in [-0.05, 0) is 19.8 Å². The lowest BCUT2D eigenvalue weighted by atomic mass is 10.3. The lowest BCUT2D eigenvalue weighted by Crippen LogP contribution is -2.25. The number of carbonyl (C=O) groups is 2. The molecule has 0 aliphatic heterocycles. The minimum absolute atomic E-state index is 0.178. The van der Waals surface area contributed by atoms with E-state index in [1.54, 1.807) is 13.0 Å². The maximum atomic E-state index is 11.8. The highest BCUT2D eigenvalue weighted by Crippen LogP contribution is 2.14. The van der Waals surface area contributed by atoms with E-state index in [-0.39, 0.29) is 24.3 Å². The number of rotatable bonds is 6. The molecule has 0 aromatic carbocycles. The summed E-state index contributed by atoms with van der Waals surface area (Å²) in [5.41, 5.74) is 0.866. The molecule has 23 heavy (non-hydrogen) atoms. The van der Waals surface area contributed by atoms with Crippen molar-refractivity contribution < 1.29 is 14.7 Å². The second kappa shape index (κ2) is 6.86. The smallest absolute Gasteiger partial charge is 0.252 e. The molecule has 2 N–H and O–H groups in total. The lowest BCUT2D eigenvalue weighted by molar-refractivity contribution is -0.305. The molecule has 2 aromatic heterocycles. The van der Waals surface area contributed by atoms with Crippen LogP contribution in [-0.4, -0.2) is 31.6 Å². The second-order valence-corrected chi connectivity index (χ2v) is 4.92. The number of aromatic amines is 1. The van der Waals surface area contributed by atoms with E-state index in [4.69, 9.17) is 0 Å². The summed E-state index contributed by atoms with van der Waals surface area (Å²) in [5, 5.41) is 17.1. The monoisotopic (exact) mass is 318 g/mol. The summed E-state index contributed by atoms with van der Waals surface area (Å²) in [6, 6.07) is 2.98. The first kappa shape index (κ1) is 16.4. The minimum atomic E-state index is -1.30. The van der Waals surface area contributed by atoms with Gasteiger partial charge in [0.25, 0.3) is 5.56 Å². The number of nitrogens with one attached hydrogen (secondary N) is 2. The first-order valence-electron chi connectivity index (χ1n) is 7.06. The predicted octanol–water partition coefficient (Wildman–Crippen LogP) is -0.705. The Labute approximate surface area is 131 Å². The number of amides is 1. The summed E-state index contributed by atoms with van der Waals surface area (Å²) in [6.45, 7) is 3.58. The predicted molar refractivity (Wildman–Crippen MR) is 79.0 cm³/mol. The van der Waals surface area contributed by atoms with Crippen molar-refractivity contribution in [2.24, 2.45) is 0 Å². The molecular formula is C14H16N5O4-. The van der Waals surface area contributed by atoms with Crippen LogP contribution >= 0.6 is 0 Å². The number of hydrogen-bond donors (Lipinski definition) is 2. The van der Waals surface area contributed by atoms with Crippen molar-refractivity contribution in [3.63, 3.8) is 0 Å². The van der Waals surface area contributed by atoms with E-state index >= 15 is 0 Å². The van der Waals surface area contributed by atoms with Crippen LogP contribution in [0.5, 0.6) is 0 Å². The van der Waals surface area contributed by atoms with E-state index in [1.807, 2.05) is 6.92 Å². The summed E-state index contributed by atoms with van der Waals surface area (Å²) >= 11 is 0. The van der Waals surface area contributed by atoms with Gasteiger partial charge in [0.15, 0.2) is 0 Å². The van der Waals surface area contributed by atoms with Crippen molar-refractivity contribution >= 4 is 17.7 Å². The zero-order valence-electron chi connectivity index (χ0n) is 12.8. The lowest BCUT2D eigenvalue weighted by Gasteiger charge is -2.09. The number of carbonyl (C=O) groups excluding carboxylic acids is 2. The number of aliphatic carboxylic acids is 1. The van der Waals surface area contributed by atoms with Crippen molar-refractivity contribution in [1.29, 1.82) is 0 Å². The minimum Gasteiger partial charge on any atom is -0.550 e. The van der Waals surface area contributed by atoms with Gasteiger partial charge in [0.1, 0.15) is 5.82 Å². The summed E-state index contributed by atoms with van der Waals surface area (Å²) in [5.74, 6) is -1.32. The first-order chi connectivity index (χ1) is 10.9. The molecule has 0 saturated carbocycles. The number of anilines is 1. The molecular weight excluding hydrogens is 302 g/mol. The van der Waals surface area contributed by atoms with Gasteiger partial charge in [-0.2, -0.15) is 9.78 Å². The van der Waals surface area contributed by atoms with E-state index in [1.165, 1.54) is 10.7 Å². The van der Waals surface area contributed by atoms with Crippen LogP contribution in [0, 0.1) is 6.92 Å². The molecule has 0 aliphatic rings. The number of nitrogens with zero attached hydrogens (tertiary/aromatic N) is 3. The molecule has 2 rings (SSSR count). The molecule has 0 bridgehead atoms. The van der Waals surface area contributed by atoms with E-state index < -0.39 is 11.9 Å². The van der Waals surface area contributed by atoms with Gasteiger partial charge in [-0.25, -0.2) is 4.98 Å². The molecule has 9 nitrogen and oxygen atoms in total. The molecule has 122 valence electrons. The van der Waals surface area contributed by atoms with Gasteiger partial charge >= 0.3 is 0 Å². The molecule has 1 amide bonds. The fraction of sp³-hybridized carbons (Fsp3) is 0.357. The molecule has 0 fully saturated rings. The van der Waals surface area contributed by atoms with Crippen LogP contribution in [0.15, 0.2) is 16.9 Å². The molecule has 0 saturated heterocycles. The summed E-state index contributed by atoms with van der Waals surface area (Å²) in [4.78, 5) is 40.6. The number of aryl methyl sites for hydroxylation is 2. The van der Waals surface area contributed by atoms with Crippen LogP contribution < -0.4 is 16.0 Å². The Kier molecular flexibility index (Phi) is 4.89. The van der Waals surface area contributed by atoms with Gasteiger partial charge in [0.05, 0.1) is 5.69 Å². The normalized spacial score (nSPS) is 10.5. The Hall–Kier alpha value is -2.97. The van der Waals surface area contributed by atoms with Gasteiger partial charge in [0.2, 0.25) is 11.9 Å². The third-order valence-corrected chi connectivity index (χ3v) is 3.00. The fourth-order valence-corrected chi connectivity index (χ4v) is 1.95. The van der Waals surface area contributed by atoms with Crippen LogP contribution in [0.1, 0.15) is 31.2 Å². The summed E-state index contributed by atoms with van der Waals surface area (Å²) < 4.78 is 1.30. The Balaban J connectivity index is 2.30. The third-order valence-electron chi connectivity index (χ3n) is 3.00. The Bertz CT molecular complexity index is 793. The highest BCUT2D eigenvalue weighted by molar-refractivity contribution is 5.91. The topological polar surface area (TPSA) is 133 Å². The Morgan fingerprint density at radius 1 is 1.35 bits per heavy atom. The standard InChI is InChI=1S/C14H17N5O4/c1-3-9-7-12(21)17-14(15-9)19-10(6-8(2)18-19)16-11(20)4-5-13(22)23/h6-7H,3-5H2,1-2H3,(H,16,20)(H,22,23)(H,15,17,21)/p-1. The maximum absolute atomic E-state index is 11.8. The fourth-order valence-electron chi connectivity index (χ4n) is 1.95.